The quantitative estimate of drug-likeness (QED) is 0.572. The normalized spacial score (nSPS) is 31.5. The molecule has 5 heteroatoms. The summed E-state index contributed by atoms with van der Waals surface area (Å²) in [5, 5.41) is 0.524. The van der Waals surface area contributed by atoms with E-state index in [0.717, 1.165) is 38.5 Å². The van der Waals surface area contributed by atoms with Crippen LogP contribution in [0.5, 0.6) is 5.75 Å². The Bertz CT molecular complexity index is 725. The maximum absolute atomic E-state index is 13.3. The van der Waals surface area contributed by atoms with Crippen LogP contribution in [0.15, 0.2) is 18.2 Å². The van der Waals surface area contributed by atoms with E-state index in [-0.39, 0.29) is 12.1 Å². The van der Waals surface area contributed by atoms with E-state index < -0.39 is 11.9 Å². The number of halogens is 1. The highest BCUT2D eigenvalue weighted by molar-refractivity contribution is 6.32. The van der Waals surface area contributed by atoms with Crippen molar-refractivity contribution in [3.8, 4) is 5.75 Å². The molecule has 2 saturated carbocycles. The van der Waals surface area contributed by atoms with Crippen LogP contribution in [0.2, 0.25) is 5.02 Å². The molecule has 1 aromatic rings. The van der Waals surface area contributed by atoms with Crippen molar-refractivity contribution in [1.82, 2.24) is 0 Å². The Morgan fingerprint density at radius 3 is 2.71 bits per heavy atom. The third kappa shape index (κ3) is 3.78. The lowest BCUT2D eigenvalue weighted by Gasteiger charge is -2.41. The zero-order chi connectivity index (χ0) is 19.9. The summed E-state index contributed by atoms with van der Waals surface area (Å²) in [7, 11) is 0. The molecule has 0 saturated heterocycles. The van der Waals surface area contributed by atoms with E-state index in [0.29, 0.717) is 34.1 Å². The summed E-state index contributed by atoms with van der Waals surface area (Å²) < 4.78 is 18.6. The van der Waals surface area contributed by atoms with E-state index in [2.05, 4.69) is 20.8 Å². The van der Waals surface area contributed by atoms with Crippen molar-refractivity contribution in [3.63, 3.8) is 0 Å². The molecule has 28 heavy (non-hydrogen) atoms. The summed E-state index contributed by atoms with van der Waals surface area (Å²) in [6.07, 6.45) is 6.01. The number of para-hydroxylation sites is 1. The average Bonchev–Trinajstić information content (AvgIpc) is 3.09. The summed E-state index contributed by atoms with van der Waals surface area (Å²) in [4.78, 5) is 13.3. The van der Waals surface area contributed by atoms with Gasteiger partial charge in [-0.2, -0.15) is 0 Å². The second kappa shape index (κ2) is 7.87. The number of hydrogen-bond donors (Lipinski definition) is 0. The van der Waals surface area contributed by atoms with E-state index in [9.17, 15) is 4.79 Å². The van der Waals surface area contributed by atoms with Crippen LogP contribution in [0.4, 0.5) is 0 Å². The minimum atomic E-state index is -0.773. The molecule has 4 nitrogen and oxygen atoms in total. The third-order valence-electron chi connectivity index (χ3n) is 6.71. The van der Waals surface area contributed by atoms with Crippen molar-refractivity contribution in [3.05, 3.63) is 28.8 Å². The minimum absolute atomic E-state index is 0.0511. The molecule has 0 N–H and O–H groups in total. The van der Waals surface area contributed by atoms with E-state index in [4.69, 9.17) is 25.8 Å². The number of rotatable bonds is 3. The Balaban J connectivity index is 1.60. The summed E-state index contributed by atoms with van der Waals surface area (Å²) >= 11 is 6.42. The van der Waals surface area contributed by atoms with Gasteiger partial charge < -0.3 is 14.2 Å². The predicted molar refractivity (Wildman–Crippen MR) is 108 cm³/mol. The number of fused-ring (bicyclic) bond motifs is 1. The molecular formula is C23H31ClO4. The van der Waals surface area contributed by atoms with Gasteiger partial charge in [-0.25, -0.2) is 4.79 Å². The van der Waals surface area contributed by atoms with Crippen LogP contribution in [0.3, 0.4) is 0 Å². The predicted octanol–water partition coefficient (Wildman–Crippen LogP) is 6.06. The standard InChI is InChI=1S/C23H31ClO4/c1-14(2)16-10-9-15(3)13-19(16)26-22(25)21-17-7-6-8-18(24)20(17)27-23(28-21)11-4-5-12-23/h6-8,14-16,19,21H,4-5,9-13H2,1-3H3/t15-,16+,19-,21+/m0/s1. The molecule has 2 aliphatic carbocycles. The van der Waals surface area contributed by atoms with Gasteiger partial charge in [0.1, 0.15) is 11.9 Å². The fourth-order valence-electron chi connectivity index (χ4n) is 5.10. The van der Waals surface area contributed by atoms with E-state index in [1.165, 1.54) is 6.42 Å². The third-order valence-corrected chi connectivity index (χ3v) is 7.01. The summed E-state index contributed by atoms with van der Waals surface area (Å²) in [6.45, 7) is 6.68. The fourth-order valence-corrected chi connectivity index (χ4v) is 5.32. The lowest BCUT2D eigenvalue weighted by molar-refractivity contribution is -0.237. The van der Waals surface area contributed by atoms with Crippen LogP contribution in [0, 0.1) is 17.8 Å². The molecule has 0 aromatic heterocycles. The Morgan fingerprint density at radius 1 is 1.25 bits per heavy atom. The molecule has 1 aromatic carbocycles. The van der Waals surface area contributed by atoms with Gasteiger partial charge in [0.2, 0.25) is 5.79 Å². The Hall–Kier alpha value is -1.26. The van der Waals surface area contributed by atoms with E-state index in [1.807, 2.05) is 12.1 Å². The number of carbonyl (C=O) groups is 1. The first-order valence-corrected chi connectivity index (χ1v) is 11.1. The van der Waals surface area contributed by atoms with Crippen LogP contribution >= 0.6 is 11.6 Å². The zero-order valence-electron chi connectivity index (χ0n) is 17.1. The van der Waals surface area contributed by atoms with Crippen LogP contribution in [0.1, 0.15) is 77.4 Å². The van der Waals surface area contributed by atoms with Crippen LogP contribution < -0.4 is 4.74 Å². The van der Waals surface area contributed by atoms with Gasteiger partial charge in [-0.1, -0.05) is 50.9 Å². The van der Waals surface area contributed by atoms with Gasteiger partial charge in [-0.15, -0.1) is 0 Å². The van der Waals surface area contributed by atoms with Crippen LogP contribution in [-0.4, -0.2) is 17.9 Å². The van der Waals surface area contributed by atoms with Gasteiger partial charge in [-0.3, -0.25) is 0 Å². The monoisotopic (exact) mass is 406 g/mol. The van der Waals surface area contributed by atoms with Crippen molar-refractivity contribution >= 4 is 17.6 Å². The fraction of sp³-hybridized carbons (Fsp3) is 0.696. The van der Waals surface area contributed by atoms with Crippen molar-refractivity contribution in [2.24, 2.45) is 17.8 Å². The van der Waals surface area contributed by atoms with Crippen molar-refractivity contribution < 1.29 is 19.0 Å². The van der Waals surface area contributed by atoms with Crippen LogP contribution in [-0.2, 0) is 14.3 Å². The summed E-state index contributed by atoms with van der Waals surface area (Å²) in [6, 6.07) is 5.49. The summed E-state index contributed by atoms with van der Waals surface area (Å²) in [5.41, 5.74) is 0.681. The highest BCUT2D eigenvalue weighted by atomic mass is 35.5. The Morgan fingerprint density at radius 2 is 2.00 bits per heavy atom. The van der Waals surface area contributed by atoms with Crippen molar-refractivity contribution in [2.45, 2.75) is 83.7 Å². The molecule has 0 amide bonds. The van der Waals surface area contributed by atoms with Gasteiger partial charge >= 0.3 is 5.97 Å². The molecule has 154 valence electrons. The van der Waals surface area contributed by atoms with Gasteiger partial charge in [-0.05, 0) is 49.5 Å². The van der Waals surface area contributed by atoms with E-state index in [1.54, 1.807) is 6.07 Å². The molecule has 4 atom stereocenters. The lowest BCUT2D eigenvalue weighted by atomic mass is 9.75. The number of carbonyl (C=O) groups excluding carboxylic acids is 1. The highest BCUT2D eigenvalue weighted by Crippen LogP contribution is 2.49. The molecule has 1 aliphatic heterocycles. The van der Waals surface area contributed by atoms with Gasteiger partial charge in [0, 0.05) is 18.4 Å². The highest BCUT2D eigenvalue weighted by Gasteiger charge is 2.48. The number of benzene rings is 1. The SMILES string of the molecule is CC(C)[C@H]1CC[C@H](C)C[C@@H]1OC(=O)[C@@H]1OC2(CCCC2)Oc2c(Cl)cccc21. The first-order chi connectivity index (χ1) is 13.4. The number of hydrogen-bond acceptors (Lipinski definition) is 4. The lowest BCUT2D eigenvalue weighted by Crippen LogP contribution is -2.45. The van der Waals surface area contributed by atoms with Gasteiger partial charge in [0.05, 0.1) is 5.02 Å². The molecule has 0 unspecified atom stereocenters. The molecule has 1 spiro atoms. The van der Waals surface area contributed by atoms with Gasteiger partial charge in [0.15, 0.2) is 6.10 Å². The maximum atomic E-state index is 13.3. The maximum Gasteiger partial charge on any atom is 0.340 e. The number of ether oxygens (including phenoxy) is 3. The molecule has 0 bridgehead atoms. The van der Waals surface area contributed by atoms with E-state index >= 15 is 0 Å². The number of esters is 1. The molecule has 4 rings (SSSR count). The molecule has 2 fully saturated rings. The smallest absolute Gasteiger partial charge is 0.340 e. The summed E-state index contributed by atoms with van der Waals surface area (Å²) in [5.74, 6) is 0.993. The first kappa shape index (κ1) is 20.0. The molecular weight excluding hydrogens is 376 g/mol. The average molecular weight is 407 g/mol. The topological polar surface area (TPSA) is 44.8 Å². The Labute approximate surface area is 172 Å². The van der Waals surface area contributed by atoms with Crippen molar-refractivity contribution in [2.75, 3.05) is 0 Å². The molecule has 3 aliphatic rings. The minimum Gasteiger partial charge on any atom is -0.460 e. The largest absolute Gasteiger partial charge is 0.460 e. The molecule has 1 heterocycles. The molecule has 0 radical (unpaired) electrons. The second-order valence-corrected chi connectivity index (χ2v) is 9.58. The second-order valence-electron chi connectivity index (χ2n) is 9.18. The van der Waals surface area contributed by atoms with Crippen LogP contribution in [0.25, 0.3) is 0 Å². The Kier molecular flexibility index (Phi) is 5.63. The first-order valence-electron chi connectivity index (χ1n) is 10.7. The zero-order valence-corrected chi connectivity index (χ0v) is 17.8. The van der Waals surface area contributed by atoms with Crippen molar-refractivity contribution in [1.29, 1.82) is 0 Å². The van der Waals surface area contributed by atoms with Gasteiger partial charge in [0.25, 0.3) is 0 Å².